The molecule has 1 saturated heterocycles. The Morgan fingerprint density at radius 1 is 1.29 bits per heavy atom. The Kier molecular flexibility index (Phi) is 4.94. The van der Waals surface area contributed by atoms with Gasteiger partial charge in [0.1, 0.15) is 5.60 Å². The van der Waals surface area contributed by atoms with Gasteiger partial charge < -0.3 is 9.64 Å². The van der Waals surface area contributed by atoms with Crippen LogP contribution in [0.4, 0.5) is 4.79 Å². The number of piperidine rings is 1. The van der Waals surface area contributed by atoms with Crippen molar-refractivity contribution in [1.29, 1.82) is 0 Å². The Bertz CT molecular complexity index is 749. The maximum absolute atomic E-state index is 12.7. The van der Waals surface area contributed by atoms with Gasteiger partial charge >= 0.3 is 6.09 Å². The van der Waals surface area contributed by atoms with Crippen molar-refractivity contribution in [3.63, 3.8) is 0 Å². The minimum absolute atomic E-state index is 0.0964. The van der Waals surface area contributed by atoms with Gasteiger partial charge in [-0.1, -0.05) is 13.0 Å². The summed E-state index contributed by atoms with van der Waals surface area (Å²) in [6, 6.07) is 8.77. The molecule has 0 bridgehead atoms. The minimum atomic E-state index is -0.468. The molecule has 0 saturated carbocycles. The van der Waals surface area contributed by atoms with E-state index in [1.54, 1.807) is 11.3 Å². The summed E-state index contributed by atoms with van der Waals surface area (Å²) in [7, 11) is 0. The Balaban J connectivity index is 1.90. The van der Waals surface area contributed by atoms with Gasteiger partial charge in [0.25, 0.3) is 0 Å². The van der Waals surface area contributed by atoms with Crippen molar-refractivity contribution < 1.29 is 9.53 Å². The molecule has 0 unspecified atom stereocenters. The molecular formula is C19H24BrNO2S. The molecule has 2 heterocycles. The van der Waals surface area contributed by atoms with Gasteiger partial charge in [0, 0.05) is 11.2 Å². The number of benzene rings is 1. The molecule has 2 atom stereocenters. The fourth-order valence-electron chi connectivity index (χ4n) is 3.26. The van der Waals surface area contributed by atoms with Crippen LogP contribution in [0.15, 0.2) is 28.1 Å². The average molecular weight is 410 g/mol. The molecule has 2 aromatic rings. The van der Waals surface area contributed by atoms with Crippen LogP contribution in [0.25, 0.3) is 10.1 Å². The third-order valence-electron chi connectivity index (χ3n) is 4.34. The van der Waals surface area contributed by atoms with Gasteiger partial charge in [0.2, 0.25) is 0 Å². The zero-order valence-electron chi connectivity index (χ0n) is 14.6. The first-order valence-electron chi connectivity index (χ1n) is 8.41. The van der Waals surface area contributed by atoms with Crippen LogP contribution < -0.4 is 0 Å². The number of fused-ring (bicyclic) bond motifs is 1. The molecule has 0 radical (unpaired) electrons. The van der Waals surface area contributed by atoms with E-state index in [4.69, 9.17) is 4.74 Å². The van der Waals surface area contributed by atoms with E-state index in [1.165, 1.54) is 15.6 Å². The van der Waals surface area contributed by atoms with E-state index in [1.807, 2.05) is 25.7 Å². The average Bonchev–Trinajstić information content (AvgIpc) is 2.84. The largest absolute Gasteiger partial charge is 0.444 e. The number of amides is 1. The molecule has 0 N–H and O–H groups in total. The highest BCUT2D eigenvalue weighted by Crippen LogP contribution is 2.37. The summed E-state index contributed by atoms with van der Waals surface area (Å²) in [4.78, 5) is 14.6. The highest BCUT2D eigenvalue weighted by Gasteiger charge is 2.33. The summed E-state index contributed by atoms with van der Waals surface area (Å²) >= 11 is 5.29. The quantitative estimate of drug-likeness (QED) is 0.547. The summed E-state index contributed by atoms with van der Waals surface area (Å²) in [5.41, 5.74) is 0.732. The first-order valence-corrected chi connectivity index (χ1v) is 10.0. The zero-order chi connectivity index (χ0) is 17.5. The molecule has 0 aliphatic carbocycles. The van der Waals surface area contributed by atoms with Crippen LogP contribution in [0, 0.1) is 5.92 Å². The van der Waals surface area contributed by atoms with E-state index in [9.17, 15) is 4.79 Å². The molecule has 1 aliphatic heterocycles. The monoisotopic (exact) mass is 409 g/mol. The lowest BCUT2D eigenvalue weighted by atomic mass is 9.90. The topological polar surface area (TPSA) is 29.5 Å². The molecule has 3 nitrogen and oxygen atoms in total. The number of carbonyl (C=O) groups excluding carboxylic acids is 1. The smallest absolute Gasteiger partial charge is 0.410 e. The second kappa shape index (κ2) is 6.68. The number of hydrogen-bond acceptors (Lipinski definition) is 3. The predicted molar refractivity (Wildman–Crippen MR) is 104 cm³/mol. The van der Waals surface area contributed by atoms with Gasteiger partial charge in [-0.3, -0.25) is 0 Å². The van der Waals surface area contributed by atoms with Gasteiger partial charge in [0.05, 0.1) is 9.83 Å². The normalized spacial score (nSPS) is 22.0. The lowest BCUT2D eigenvalue weighted by Gasteiger charge is -2.39. The van der Waals surface area contributed by atoms with Crippen LogP contribution in [-0.4, -0.2) is 23.1 Å². The Morgan fingerprint density at radius 2 is 2.04 bits per heavy atom. The standard InChI is InChI=1S/C19H24BrNO2S/c1-12-5-7-15(21(11-12)18(22)23-19(2,3)4)13-6-8-16-14(9-13)10-17(20)24-16/h6,8-10,12,15H,5,7,11H2,1-4H3/t12-,15+/m0/s1. The SMILES string of the molecule is C[C@H]1CC[C@H](c2ccc3sc(Br)cc3c2)N(C(=O)OC(C)(C)C)C1. The molecule has 130 valence electrons. The molecule has 24 heavy (non-hydrogen) atoms. The second-order valence-corrected chi connectivity index (χ2v) is 10.1. The number of hydrogen-bond donors (Lipinski definition) is 0. The van der Waals surface area contributed by atoms with E-state index in [-0.39, 0.29) is 12.1 Å². The lowest BCUT2D eigenvalue weighted by Crippen LogP contribution is -2.44. The van der Waals surface area contributed by atoms with E-state index in [0.29, 0.717) is 5.92 Å². The summed E-state index contributed by atoms with van der Waals surface area (Å²) in [5.74, 6) is 0.507. The van der Waals surface area contributed by atoms with Gasteiger partial charge in [0.15, 0.2) is 0 Å². The predicted octanol–water partition coefficient (Wildman–Crippen LogP) is 6.37. The summed E-state index contributed by atoms with van der Waals surface area (Å²) in [6.45, 7) is 8.71. The number of rotatable bonds is 1. The van der Waals surface area contributed by atoms with E-state index in [2.05, 4.69) is 47.1 Å². The number of thiophene rings is 1. The maximum atomic E-state index is 12.7. The van der Waals surface area contributed by atoms with Crippen LogP contribution >= 0.6 is 27.3 Å². The van der Waals surface area contributed by atoms with Crippen LogP contribution in [0.3, 0.4) is 0 Å². The van der Waals surface area contributed by atoms with Crippen molar-refractivity contribution >= 4 is 43.4 Å². The molecule has 0 spiro atoms. The van der Waals surface area contributed by atoms with Gasteiger partial charge in [-0.2, -0.15) is 0 Å². The Labute approximate surface area is 156 Å². The first kappa shape index (κ1) is 17.7. The molecule has 1 aromatic carbocycles. The van der Waals surface area contributed by atoms with E-state index < -0.39 is 5.60 Å². The first-order chi connectivity index (χ1) is 11.2. The fraction of sp³-hybridized carbons (Fsp3) is 0.526. The van der Waals surface area contributed by atoms with Crippen LogP contribution in [0.5, 0.6) is 0 Å². The van der Waals surface area contributed by atoms with Gasteiger partial charge in [-0.15, -0.1) is 11.3 Å². The number of carbonyl (C=O) groups is 1. The molecular weight excluding hydrogens is 386 g/mol. The minimum Gasteiger partial charge on any atom is -0.444 e. The molecule has 1 amide bonds. The highest BCUT2D eigenvalue weighted by atomic mass is 79.9. The van der Waals surface area contributed by atoms with Crippen molar-refractivity contribution in [1.82, 2.24) is 4.90 Å². The molecule has 5 heteroatoms. The van der Waals surface area contributed by atoms with Crippen LogP contribution in [0.2, 0.25) is 0 Å². The Hall–Kier alpha value is -1.07. The molecule has 1 aromatic heterocycles. The summed E-state index contributed by atoms with van der Waals surface area (Å²) in [5, 5.41) is 1.23. The van der Waals surface area contributed by atoms with Crippen molar-refractivity contribution in [2.75, 3.05) is 6.54 Å². The third kappa shape index (κ3) is 3.94. The van der Waals surface area contributed by atoms with Gasteiger partial charge in [-0.05, 0) is 84.6 Å². The van der Waals surface area contributed by atoms with Crippen molar-refractivity contribution in [3.8, 4) is 0 Å². The second-order valence-electron chi connectivity index (χ2n) is 7.68. The van der Waals surface area contributed by atoms with Crippen molar-refractivity contribution in [2.24, 2.45) is 5.92 Å². The van der Waals surface area contributed by atoms with Crippen molar-refractivity contribution in [2.45, 2.75) is 52.2 Å². The third-order valence-corrected chi connectivity index (χ3v) is 5.96. The van der Waals surface area contributed by atoms with E-state index in [0.717, 1.165) is 23.2 Å². The maximum Gasteiger partial charge on any atom is 0.410 e. The molecule has 3 rings (SSSR count). The van der Waals surface area contributed by atoms with Crippen molar-refractivity contribution in [3.05, 3.63) is 33.6 Å². The molecule has 1 fully saturated rings. The number of nitrogens with zero attached hydrogens (tertiary/aromatic N) is 1. The van der Waals surface area contributed by atoms with E-state index >= 15 is 0 Å². The number of halogens is 1. The zero-order valence-corrected chi connectivity index (χ0v) is 17.0. The number of ether oxygens (including phenoxy) is 1. The Morgan fingerprint density at radius 3 is 2.75 bits per heavy atom. The van der Waals surface area contributed by atoms with Crippen LogP contribution in [-0.2, 0) is 4.74 Å². The van der Waals surface area contributed by atoms with Crippen LogP contribution in [0.1, 0.15) is 52.1 Å². The van der Waals surface area contributed by atoms with Gasteiger partial charge in [-0.25, -0.2) is 4.79 Å². The summed E-state index contributed by atoms with van der Waals surface area (Å²) in [6.07, 6.45) is 1.91. The lowest BCUT2D eigenvalue weighted by molar-refractivity contribution is 0.00365. The summed E-state index contributed by atoms with van der Waals surface area (Å²) < 4.78 is 8.05. The highest BCUT2D eigenvalue weighted by molar-refractivity contribution is 9.11. The fourth-order valence-corrected chi connectivity index (χ4v) is 4.80. The number of likely N-dealkylation sites (tertiary alicyclic amines) is 1. The molecule has 1 aliphatic rings.